The number of allylic oxidation sites excluding steroid dienone is 1. The largest absolute Gasteiger partial charge is 0.397 e. The van der Waals surface area contributed by atoms with Crippen LogP contribution in [-0.4, -0.2) is 0 Å². The van der Waals surface area contributed by atoms with E-state index in [0.717, 1.165) is 27.1 Å². The van der Waals surface area contributed by atoms with E-state index in [9.17, 15) is 0 Å². The fourth-order valence-corrected chi connectivity index (χ4v) is 2.76. The molecular formula is C11H13BrN2S. The van der Waals surface area contributed by atoms with E-state index in [1.807, 2.05) is 19.9 Å². The molecule has 0 aromatic carbocycles. The van der Waals surface area contributed by atoms with Crippen LogP contribution in [0.3, 0.4) is 0 Å². The van der Waals surface area contributed by atoms with Gasteiger partial charge in [0.1, 0.15) is 0 Å². The first-order chi connectivity index (χ1) is 7.10. The molecular weight excluding hydrogens is 272 g/mol. The van der Waals surface area contributed by atoms with Gasteiger partial charge in [0.05, 0.1) is 26.0 Å². The maximum Gasteiger partial charge on any atom is 0.0969 e. The Balaban J connectivity index is 3.11. The normalized spacial score (nSPS) is 12.1. The molecule has 2 N–H and O–H groups in total. The minimum absolute atomic E-state index is 0.623. The lowest BCUT2D eigenvalue weighted by molar-refractivity contribution is 0.929. The predicted molar refractivity (Wildman–Crippen MR) is 68.4 cm³/mol. The summed E-state index contributed by atoms with van der Waals surface area (Å²) in [5.41, 5.74) is 8.43. The van der Waals surface area contributed by atoms with Crippen molar-refractivity contribution in [2.75, 3.05) is 0 Å². The molecule has 0 saturated carbocycles. The number of thiophene rings is 1. The Kier molecular flexibility index (Phi) is 4.37. The van der Waals surface area contributed by atoms with Crippen molar-refractivity contribution < 1.29 is 0 Å². The molecule has 0 unspecified atom stereocenters. The molecule has 1 rings (SSSR count). The molecule has 1 aromatic rings. The van der Waals surface area contributed by atoms with Gasteiger partial charge in [-0.3, -0.25) is 0 Å². The molecule has 0 bridgehead atoms. The second kappa shape index (κ2) is 5.34. The minimum Gasteiger partial charge on any atom is -0.397 e. The maximum absolute atomic E-state index is 8.97. The Morgan fingerprint density at radius 2 is 2.33 bits per heavy atom. The maximum atomic E-state index is 8.97. The standard InChI is InChI=1S/C11H13BrN2S/c1-3-4-8(6-13)10(14)9-5-7(2)11(12)15-9/h5H,3-4,14H2,1-2H3. The first-order valence-electron chi connectivity index (χ1n) is 4.75. The molecule has 0 aliphatic rings. The molecule has 0 aliphatic carbocycles. The van der Waals surface area contributed by atoms with E-state index >= 15 is 0 Å². The quantitative estimate of drug-likeness (QED) is 0.858. The smallest absolute Gasteiger partial charge is 0.0969 e. The van der Waals surface area contributed by atoms with Crippen LogP contribution in [0.4, 0.5) is 0 Å². The van der Waals surface area contributed by atoms with Gasteiger partial charge in [0, 0.05) is 0 Å². The molecule has 4 heteroatoms. The summed E-state index contributed by atoms with van der Waals surface area (Å²) in [4.78, 5) is 0.976. The van der Waals surface area contributed by atoms with Crippen molar-refractivity contribution in [1.29, 1.82) is 5.26 Å². The summed E-state index contributed by atoms with van der Waals surface area (Å²) in [5, 5.41) is 8.97. The molecule has 1 heterocycles. The van der Waals surface area contributed by atoms with Gasteiger partial charge < -0.3 is 5.73 Å². The highest BCUT2D eigenvalue weighted by molar-refractivity contribution is 9.11. The van der Waals surface area contributed by atoms with Crippen LogP contribution in [0.15, 0.2) is 15.4 Å². The van der Waals surface area contributed by atoms with Gasteiger partial charge in [0.2, 0.25) is 0 Å². The van der Waals surface area contributed by atoms with Crippen LogP contribution >= 0.6 is 27.3 Å². The van der Waals surface area contributed by atoms with E-state index in [4.69, 9.17) is 11.0 Å². The molecule has 0 saturated heterocycles. The predicted octanol–water partition coefficient (Wildman–Crippen LogP) is 3.81. The Hall–Kier alpha value is -0.790. The second-order valence-electron chi connectivity index (χ2n) is 3.32. The number of aryl methyl sites for hydroxylation is 1. The zero-order valence-corrected chi connectivity index (χ0v) is 11.2. The van der Waals surface area contributed by atoms with Crippen LogP contribution in [0.2, 0.25) is 0 Å². The molecule has 0 radical (unpaired) electrons. The van der Waals surface area contributed by atoms with Crippen molar-refractivity contribution in [2.45, 2.75) is 26.7 Å². The van der Waals surface area contributed by atoms with Crippen molar-refractivity contribution in [3.63, 3.8) is 0 Å². The van der Waals surface area contributed by atoms with Gasteiger partial charge in [0.25, 0.3) is 0 Å². The topological polar surface area (TPSA) is 49.8 Å². The summed E-state index contributed by atoms with van der Waals surface area (Å²) >= 11 is 5.03. The van der Waals surface area contributed by atoms with Crippen LogP contribution in [0.5, 0.6) is 0 Å². The fourth-order valence-electron chi connectivity index (χ4n) is 1.24. The van der Waals surface area contributed by atoms with Gasteiger partial charge in [-0.25, -0.2) is 0 Å². The number of hydrogen-bond donors (Lipinski definition) is 1. The lowest BCUT2D eigenvalue weighted by Gasteiger charge is -2.01. The average molecular weight is 285 g/mol. The van der Waals surface area contributed by atoms with Crippen molar-refractivity contribution in [1.82, 2.24) is 0 Å². The zero-order valence-electron chi connectivity index (χ0n) is 8.80. The minimum atomic E-state index is 0.623. The van der Waals surface area contributed by atoms with Crippen molar-refractivity contribution in [2.24, 2.45) is 5.73 Å². The lowest BCUT2D eigenvalue weighted by atomic mass is 10.1. The molecule has 0 amide bonds. The number of nitrogens with zero attached hydrogens (tertiary/aromatic N) is 1. The first kappa shape index (κ1) is 12.3. The second-order valence-corrected chi connectivity index (χ2v) is 5.69. The van der Waals surface area contributed by atoms with E-state index in [0.29, 0.717) is 11.3 Å². The molecule has 0 spiro atoms. The van der Waals surface area contributed by atoms with Crippen LogP contribution < -0.4 is 5.73 Å². The summed E-state index contributed by atoms with van der Waals surface area (Å²) in [6.45, 7) is 4.06. The van der Waals surface area contributed by atoms with E-state index in [-0.39, 0.29) is 0 Å². The molecule has 0 atom stereocenters. The van der Waals surface area contributed by atoms with Gasteiger partial charge in [-0.05, 0) is 40.9 Å². The highest BCUT2D eigenvalue weighted by atomic mass is 79.9. The SMILES string of the molecule is CCCC(C#N)=C(N)c1cc(C)c(Br)s1. The number of nitrogens with two attached hydrogens (primary N) is 1. The number of rotatable bonds is 3. The molecule has 15 heavy (non-hydrogen) atoms. The number of nitriles is 1. The summed E-state index contributed by atoms with van der Waals surface area (Å²) in [6, 6.07) is 4.19. The fraction of sp³-hybridized carbons (Fsp3) is 0.364. The van der Waals surface area contributed by atoms with Crippen molar-refractivity contribution >= 4 is 33.0 Å². The first-order valence-corrected chi connectivity index (χ1v) is 6.36. The van der Waals surface area contributed by atoms with Gasteiger partial charge in [0.15, 0.2) is 0 Å². The van der Waals surface area contributed by atoms with E-state index in [1.165, 1.54) is 0 Å². The molecule has 0 fully saturated rings. The third-order valence-corrected chi connectivity index (χ3v) is 4.25. The van der Waals surface area contributed by atoms with Crippen LogP contribution in [0, 0.1) is 18.3 Å². The number of hydrogen-bond acceptors (Lipinski definition) is 3. The lowest BCUT2D eigenvalue weighted by Crippen LogP contribution is -1.98. The molecule has 0 aliphatic heterocycles. The molecule has 1 aromatic heterocycles. The summed E-state index contributed by atoms with van der Waals surface area (Å²) in [7, 11) is 0. The Labute approximate surface area is 103 Å². The van der Waals surface area contributed by atoms with Crippen LogP contribution in [0.25, 0.3) is 5.70 Å². The zero-order chi connectivity index (χ0) is 11.4. The summed E-state index contributed by atoms with van der Waals surface area (Å²) in [5.74, 6) is 0. The van der Waals surface area contributed by atoms with Crippen LogP contribution in [-0.2, 0) is 0 Å². The number of halogens is 1. The van der Waals surface area contributed by atoms with Gasteiger partial charge in [-0.1, -0.05) is 13.3 Å². The summed E-state index contributed by atoms with van der Waals surface area (Å²) in [6.07, 6.45) is 1.69. The third kappa shape index (κ3) is 2.83. The van der Waals surface area contributed by atoms with Gasteiger partial charge in [-0.2, -0.15) is 5.26 Å². The highest BCUT2D eigenvalue weighted by Gasteiger charge is 2.09. The van der Waals surface area contributed by atoms with E-state index in [2.05, 4.69) is 22.0 Å². The van der Waals surface area contributed by atoms with Crippen LogP contribution in [0.1, 0.15) is 30.2 Å². The summed E-state index contributed by atoms with van der Waals surface area (Å²) < 4.78 is 1.08. The highest BCUT2D eigenvalue weighted by Crippen LogP contribution is 2.31. The Morgan fingerprint density at radius 1 is 1.67 bits per heavy atom. The van der Waals surface area contributed by atoms with Crippen molar-refractivity contribution in [3.8, 4) is 6.07 Å². The van der Waals surface area contributed by atoms with E-state index < -0.39 is 0 Å². The monoisotopic (exact) mass is 284 g/mol. The average Bonchev–Trinajstić information content (AvgIpc) is 2.55. The molecule has 80 valence electrons. The van der Waals surface area contributed by atoms with Crippen molar-refractivity contribution in [3.05, 3.63) is 25.9 Å². The van der Waals surface area contributed by atoms with E-state index in [1.54, 1.807) is 11.3 Å². The third-order valence-electron chi connectivity index (χ3n) is 2.08. The van der Waals surface area contributed by atoms with Gasteiger partial charge >= 0.3 is 0 Å². The Bertz CT molecular complexity index is 407. The molecule has 2 nitrogen and oxygen atoms in total. The Morgan fingerprint density at radius 3 is 2.73 bits per heavy atom. The van der Waals surface area contributed by atoms with Gasteiger partial charge in [-0.15, -0.1) is 11.3 Å².